The quantitative estimate of drug-likeness (QED) is 0.746. The van der Waals surface area contributed by atoms with E-state index in [1.807, 2.05) is 7.05 Å². The molecule has 1 aliphatic rings. The summed E-state index contributed by atoms with van der Waals surface area (Å²) in [4.78, 5) is 12.9. The van der Waals surface area contributed by atoms with Crippen molar-refractivity contribution in [2.45, 2.75) is 44.6 Å². The number of likely N-dealkylation sites (N-methyl/N-ethyl adjacent to an activating group) is 1. The minimum atomic E-state index is -0.719. The highest BCUT2D eigenvalue weighted by atomic mass is 16.4. The van der Waals surface area contributed by atoms with Gasteiger partial charge in [-0.1, -0.05) is 6.92 Å². The molecule has 2 N–H and O–H groups in total. The smallest absolute Gasteiger partial charge is 0.306 e. The molecule has 94 valence electrons. The van der Waals surface area contributed by atoms with Crippen LogP contribution in [0.4, 0.5) is 0 Å². The van der Waals surface area contributed by atoms with Gasteiger partial charge < -0.3 is 15.1 Å². The Morgan fingerprint density at radius 2 is 2.00 bits per heavy atom. The fraction of sp³-hybridized carbons (Fsp3) is 0.917. The van der Waals surface area contributed by atoms with E-state index in [2.05, 4.69) is 11.8 Å². The molecule has 1 fully saturated rings. The highest BCUT2D eigenvalue weighted by Crippen LogP contribution is 2.32. The number of carboxylic acid groups (broad SMARTS) is 1. The SMILES string of the molecule is CCCN(C)CC1(O)CCC(C(=O)O)CC1. The Bertz CT molecular complexity index is 234. The molecule has 0 spiro atoms. The fourth-order valence-electron chi connectivity index (χ4n) is 2.52. The van der Waals surface area contributed by atoms with E-state index >= 15 is 0 Å². The molecule has 0 aromatic heterocycles. The van der Waals surface area contributed by atoms with Crippen LogP contribution in [0, 0.1) is 5.92 Å². The first-order valence-electron chi connectivity index (χ1n) is 6.10. The first kappa shape index (κ1) is 13.5. The summed E-state index contributed by atoms with van der Waals surface area (Å²) in [7, 11) is 2.00. The Morgan fingerprint density at radius 1 is 1.44 bits per heavy atom. The van der Waals surface area contributed by atoms with E-state index in [-0.39, 0.29) is 5.92 Å². The molecule has 1 saturated carbocycles. The molecule has 0 atom stereocenters. The van der Waals surface area contributed by atoms with E-state index in [0.717, 1.165) is 13.0 Å². The summed E-state index contributed by atoms with van der Waals surface area (Å²) in [5.74, 6) is -0.972. The van der Waals surface area contributed by atoms with Crippen molar-refractivity contribution in [1.82, 2.24) is 4.90 Å². The normalized spacial score (nSPS) is 30.6. The fourth-order valence-corrected chi connectivity index (χ4v) is 2.52. The van der Waals surface area contributed by atoms with Crippen molar-refractivity contribution in [3.05, 3.63) is 0 Å². The van der Waals surface area contributed by atoms with Gasteiger partial charge in [0.1, 0.15) is 0 Å². The first-order chi connectivity index (χ1) is 7.47. The van der Waals surface area contributed by atoms with E-state index in [9.17, 15) is 9.90 Å². The molecule has 1 rings (SSSR count). The molecular weight excluding hydrogens is 206 g/mol. The predicted molar refractivity (Wildman–Crippen MR) is 62.3 cm³/mol. The number of aliphatic carboxylic acids is 1. The van der Waals surface area contributed by atoms with Crippen LogP contribution in [-0.2, 0) is 4.79 Å². The first-order valence-corrected chi connectivity index (χ1v) is 6.10. The molecule has 0 aromatic rings. The summed E-state index contributed by atoms with van der Waals surface area (Å²) in [5.41, 5.74) is -0.671. The van der Waals surface area contributed by atoms with E-state index < -0.39 is 11.6 Å². The third-order valence-corrected chi connectivity index (χ3v) is 3.44. The maximum Gasteiger partial charge on any atom is 0.306 e. The lowest BCUT2D eigenvalue weighted by Crippen LogP contribution is -2.45. The van der Waals surface area contributed by atoms with Gasteiger partial charge in [-0.05, 0) is 45.7 Å². The van der Waals surface area contributed by atoms with E-state index in [1.165, 1.54) is 0 Å². The number of aliphatic hydroxyl groups is 1. The number of nitrogens with zero attached hydrogens (tertiary/aromatic N) is 1. The zero-order chi connectivity index (χ0) is 12.2. The van der Waals surface area contributed by atoms with Crippen molar-refractivity contribution in [3.8, 4) is 0 Å². The summed E-state index contributed by atoms with van der Waals surface area (Å²) in [6, 6.07) is 0. The van der Waals surface area contributed by atoms with Crippen molar-refractivity contribution in [3.63, 3.8) is 0 Å². The minimum Gasteiger partial charge on any atom is -0.481 e. The van der Waals surface area contributed by atoms with Gasteiger partial charge in [0.05, 0.1) is 11.5 Å². The lowest BCUT2D eigenvalue weighted by Gasteiger charge is -2.37. The molecule has 0 saturated heterocycles. The predicted octanol–water partition coefficient (Wildman–Crippen LogP) is 1.33. The summed E-state index contributed by atoms with van der Waals surface area (Å²) in [6.45, 7) is 3.75. The zero-order valence-corrected chi connectivity index (χ0v) is 10.3. The number of hydrogen-bond acceptors (Lipinski definition) is 3. The van der Waals surface area contributed by atoms with Crippen LogP contribution in [0.1, 0.15) is 39.0 Å². The molecule has 16 heavy (non-hydrogen) atoms. The molecule has 0 aromatic carbocycles. The summed E-state index contributed by atoms with van der Waals surface area (Å²) in [6.07, 6.45) is 3.50. The summed E-state index contributed by atoms with van der Waals surface area (Å²) >= 11 is 0. The lowest BCUT2D eigenvalue weighted by atomic mass is 9.78. The van der Waals surface area contributed by atoms with Gasteiger partial charge in [0, 0.05) is 6.54 Å². The molecule has 0 radical (unpaired) electrons. The molecule has 0 aliphatic heterocycles. The van der Waals surface area contributed by atoms with Crippen molar-refractivity contribution in [2.75, 3.05) is 20.1 Å². The van der Waals surface area contributed by atoms with Gasteiger partial charge in [-0.15, -0.1) is 0 Å². The molecule has 0 bridgehead atoms. The van der Waals surface area contributed by atoms with Crippen LogP contribution >= 0.6 is 0 Å². The van der Waals surface area contributed by atoms with Gasteiger partial charge in [0.2, 0.25) is 0 Å². The van der Waals surface area contributed by atoms with Crippen LogP contribution in [0.15, 0.2) is 0 Å². The van der Waals surface area contributed by atoms with Crippen molar-refractivity contribution < 1.29 is 15.0 Å². The minimum absolute atomic E-state index is 0.253. The average Bonchev–Trinajstić information content (AvgIpc) is 2.17. The number of carbonyl (C=O) groups is 1. The van der Waals surface area contributed by atoms with E-state index in [0.29, 0.717) is 32.2 Å². The Kier molecular flexibility index (Phi) is 4.74. The molecule has 0 unspecified atom stereocenters. The van der Waals surface area contributed by atoms with Crippen LogP contribution < -0.4 is 0 Å². The molecule has 0 heterocycles. The standard InChI is InChI=1S/C12H23NO3/c1-3-8-13(2)9-12(16)6-4-10(5-7-12)11(14)15/h10,16H,3-9H2,1-2H3,(H,14,15). The third kappa shape index (κ3) is 3.76. The number of carboxylic acids is 1. The Labute approximate surface area is 97.3 Å². The van der Waals surface area contributed by atoms with Gasteiger partial charge >= 0.3 is 5.97 Å². The maximum absolute atomic E-state index is 10.8. The highest BCUT2D eigenvalue weighted by Gasteiger charge is 2.36. The van der Waals surface area contributed by atoms with Crippen LogP contribution in [-0.4, -0.2) is 46.8 Å². The third-order valence-electron chi connectivity index (χ3n) is 3.44. The van der Waals surface area contributed by atoms with Crippen LogP contribution in [0.25, 0.3) is 0 Å². The summed E-state index contributed by atoms with van der Waals surface area (Å²) < 4.78 is 0. The second kappa shape index (κ2) is 5.64. The summed E-state index contributed by atoms with van der Waals surface area (Å²) in [5, 5.41) is 19.2. The van der Waals surface area contributed by atoms with Crippen LogP contribution in [0.3, 0.4) is 0 Å². The monoisotopic (exact) mass is 229 g/mol. The molecule has 0 amide bonds. The van der Waals surface area contributed by atoms with Gasteiger partial charge in [-0.3, -0.25) is 4.79 Å². The number of hydrogen-bond donors (Lipinski definition) is 2. The number of rotatable bonds is 5. The molecular formula is C12H23NO3. The average molecular weight is 229 g/mol. The Balaban J connectivity index is 2.40. The van der Waals surface area contributed by atoms with Crippen molar-refractivity contribution >= 4 is 5.97 Å². The van der Waals surface area contributed by atoms with E-state index in [4.69, 9.17) is 5.11 Å². The van der Waals surface area contributed by atoms with E-state index in [1.54, 1.807) is 0 Å². The van der Waals surface area contributed by atoms with Crippen molar-refractivity contribution in [2.24, 2.45) is 5.92 Å². The van der Waals surface area contributed by atoms with Gasteiger partial charge in [-0.2, -0.15) is 0 Å². The second-order valence-electron chi connectivity index (χ2n) is 5.07. The van der Waals surface area contributed by atoms with Crippen molar-refractivity contribution in [1.29, 1.82) is 0 Å². The highest BCUT2D eigenvalue weighted by molar-refractivity contribution is 5.70. The zero-order valence-electron chi connectivity index (χ0n) is 10.3. The lowest BCUT2D eigenvalue weighted by molar-refractivity contribution is -0.145. The topological polar surface area (TPSA) is 60.8 Å². The van der Waals surface area contributed by atoms with Gasteiger partial charge in [0.25, 0.3) is 0 Å². The molecule has 4 heteroatoms. The van der Waals surface area contributed by atoms with Gasteiger partial charge in [0.15, 0.2) is 0 Å². The second-order valence-corrected chi connectivity index (χ2v) is 5.07. The molecule has 4 nitrogen and oxygen atoms in total. The largest absolute Gasteiger partial charge is 0.481 e. The van der Waals surface area contributed by atoms with Gasteiger partial charge in [-0.25, -0.2) is 0 Å². The Hall–Kier alpha value is -0.610. The maximum atomic E-state index is 10.8. The van der Waals surface area contributed by atoms with Crippen LogP contribution in [0.2, 0.25) is 0 Å². The van der Waals surface area contributed by atoms with Crippen LogP contribution in [0.5, 0.6) is 0 Å². The Morgan fingerprint density at radius 3 is 2.44 bits per heavy atom. The molecule has 1 aliphatic carbocycles.